The van der Waals surface area contributed by atoms with E-state index in [-0.39, 0.29) is 0 Å². The van der Waals surface area contributed by atoms with E-state index in [1.165, 1.54) is 31.0 Å². The van der Waals surface area contributed by atoms with Crippen molar-refractivity contribution in [3.8, 4) is 0 Å². The summed E-state index contributed by atoms with van der Waals surface area (Å²) in [5.74, 6) is 2.90. The lowest BCUT2D eigenvalue weighted by Crippen LogP contribution is -2.27. The fourth-order valence-corrected chi connectivity index (χ4v) is 2.50. The maximum Gasteiger partial charge on any atom is 0.129 e. The van der Waals surface area contributed by atoms with Gasteiger partial charge in [-0.05, 0) is 38.6 Å². The molecule has 0 bridgehead atoms. The van der Waals surface area contributed by atoms with Crippen LogP contribution in [0.4, 0.5) is 0 Å². The van der Waals surface area contributed by atoms with E-state index in [0.717, 1.165) is 19.4 Å². The average molecular weight is 201 g/mol. The monoisotopic (exact) mass is 201 g/mol. The number of carbonyl (C=O) groups is 1. The third-order valence-electron chi connectivity index (χ3n) is 2.32. The van der Waals surface area contributed by atoms with Gasteiger partial charge in [0.05, 0.1) is 0 Å². The molecule has 1 saturated heterocycles. The molecule has 0 spiro atoms. The standard InChI is InChI=1S/C10H19NOS/c1-10(12)4-2-5-11-6-3-8-13-9-7-11/h2-9H2,1H3. The Morgan fingerprint density at radius 3 is 3.00 bits per heavy atom. The smallest absolute Gasteiger partial charge is 0.129 e. The van der Waals surface area contributed by atoms with Crippen molar-refractivity contribution in [3.63, 3.8) is 0 Å². The Morgan fingerprint density at radius 1 is 1.38 bits per heavy atom. The van der Waals surface area contributed by atoms with E-state index in [2.05, 4.69) is 16.7 Å². The van der Waals surface area contributed by atoms with Crippen molar-refractivity contribution in [1.82, 2.24) is 4.90 Å². The van der Waals surface area contributed by atoms with Crippen LogP contribution in [0.1, 0.15) is 26.2 Å². The largest absolute Gasteiger partial charge is 0.302 e. The van der Waals surface area contributed by atoms with Gasteiger partial charge in [0.1, 0.15) is 5.78 Å². The molecule has 0 amide bonds. The second kappa shape index (κ2) is 6.44. The predicted molar refractivity (Wildman–Crippen MR) is 58.3 cm³/mol. The fraction of sp³-hybridized carbons (Fsp3) is 0.900. The summed E-state index contributed by atoms with van der Waals surface area (Å²) in [5.41, 5.74) is 0. The highest BCUT2D eigenvalue weighted by atomic mass is 32.2. The highest BCUT2D eigenvalue weighted by molar-refractivity contribution is 7.99. The molecule has 1 fully saturated rings. The van der Waals surface area contributed by atoms with Crippen LogP contribution in [0.2, 0.25) is 0 Å². The molecule has 1 aliphatic heterocycles. The Morgan fingerprint density at radius 2 is 2.23 bits per heavy atom. The van der Waals surface area contributed by atoms with Crippen LogP contribution < -0.4 is 0 Å². The summed E-state index contributed by atoms with van der Waals surface area (Å²) in [6, 6.07) is 0. The normalized spacial score (nSPS) is 19.8. The molecule has 76 valence electrons. The van der Waals surface area contributed by atoms with E-state index < -0.39 is 0 Å². The van der Waals surface area contributed by atoms with Crippen LogP contribution in [-0.2, 0) is 4.79 Å². The van der Waals surface area contributed by atoms with Gasteiger partial charge < -0.3 is 9.69 Å². The second-order valence-corrected chi connectivity index (χ2v) is 4.84. The van der Waals surface area contributed by atoms with E-state index in [1.54, 1.807) is 6.92 Å². The number of Topliss-reactive ketones (excluding diaryl/α,β-unsaturated/α-hetero) is 1. The Hall–Kier alpha value is -0.0200. The van der Waals surface area contributed by atoms with E-state index in [9.17, 15) is 4.79 Å². The first kappa shape index (κ1) is 11.1. The fourth-order valence-electron chi connectivity index (χ4n) is 1.57. The van der Waals surface area contributed by atoms with Gasteiger partial charge in [-0.25, -0.2) is 0 Å². The topological polar surface area (TPSA) is 20.3 Å². The van der Waals surface area contributed by atoms with Gasteiger partial charge in [-0.2, -0.15) is 11.8 Å². The van der Waals surface area contributed by atoms with E-state index in [4.69, 9.17) is 0 Å². The van der Waals surface area contributed by atoms with Gasteiger partial charge >= 0.3 is 0 Å². The molecule has 0 radical (unpaired) electrons. The van der Waals surface area contributed by atoms with Gasteiger partial charge in [0.25, 0.3) is 0 Å². The zero-order chi connectivity index (χ0) is 9.52. The maximum absolute atomic E-state index is 10.7. The van der Waals surface area contributed by atoms with Gasteiger partial charge in [-0.3, -0.25) is 0 Å². The Kier molecular flexibility index (Phi) is 5.47. The average Bonchev–Trinajstić information content (AvgIpc) is 2.32. The summed E-state index contributed by atoms with van der Waals surface area (Å²) < 4.78 is 0. The van der Waals surface area contributed by atoms with Crippen LogP contribution >= 0.6 is 11.8 Å². The van der Waals surface area contributed by atoms with E-state index >= 15 is 0 Å². The number of ketones is 1. The van der Waals surface area contributed by atoms with Gasteiger partial charge in [0.2, 0.25) is 0 Å². The quantitative estimate of drug-likeness (QED) is 0.691. The molecular weight excluding hydrogens is 182 g/mol. The lowest BCUT2D eigenvalue weighted by atomic mass is 10.2. The Labute approximate surface area is 85.1 Å². The first-order valence-electron chi connectivity index (χ1n) is 5.08. The first-order chi connectivity index (χ1) is 6.29. The predicted octanol–water partition coefficient (Wildman–Crippen LogP) is 1.79. The number of rotatable bonds is 4. The van der Waals surface area contributed by atoms with Crippen molar-refractivity contribution < 1.29 is 4.79 Å². The van der Waals surface area contributed by atoms with Crippen LogP contribution in [0, 0.1) is 0 Å². The van der Waals surface area contributed by atoms with Crippen molar-refractivity contribution in [2.75, 3.05) is 31.1 Å². The van der Waals surface area contributed by atoms with Gasteiger partial charge in [-0.1, -0.05) is 0 Å². The Bertz CT molecular complexity index is 153. The summed E-state index contributed by atoms with van der Waals surface area (Å²) in [5, 5.41) is 0. The molecule has 0 saturated carbocycles. The van der Waals surface area contributed by atoms with Crippen LogP contribution in [0.3, 0.4) is 0 Å². The highest BCUT2D eigenvalue weighted by Gasteiger charge is 2.08. The van der Waals surface area contributed by atoms with Crippen LogP contribution in [0.25, 0.3) is 0 Å². The highest BCUT2D eigenvalue weighted by Crippen LogP contribution is 2.10. The third kappa shape index (κ3) is 5.32. The zero-order valence-corrected chi connectivity index (χ0v) is 9.24. The SMILES string of the molecule is CC(=O)CCCN1CCCSCC1. The van der Waals surface area contributed by atoms with Crippen molar-refractivity contribution in [2.45, 2.75) is 26.2 Å². The second-order valence-electron chi connectivity index (χ2n) is 3.61. The minimum absolute atomic E-state index is 0.323. The summed E-state index contributed by atoms with van der Waals surface area (Å²) in [6.45, 7) is 5.23. The first-order valence-corrected chi connectivity index (χ1v) is 6.24. The van der Waals surface area contributed by atoms with Crippen molar-refractivity contribution >= 4 is 17.5 Å². The number of hydrogen-bond acceptors (Lipinski definition) is 3. The minimum Gasteiger partial charge on any atom is -0.302 e. The molecule has 0 aromatic carbocycles. The molecule has 0 atom stereocenters. The third-order valence-corrected chi connectivity index (χ3v) is 3.37. The Balaban J connectivity index is 2.08. The minimum atomic E-state index is 0.323. The summed E-state index contributed by atoms with van der Waals surface area (Å²) in [7, 11) is 0. The molecule has 0 N–H and O–H groups in total. The molecule has 0 unspecified atom stereocenters. The molecule has 0 aliphatic carbocycles. The van der Waals surface area contributed by atoms with Crippen molar-refractivity contribution in [1.29, 1.82) is 0 Å². The molecule has 1 rings (SSSR count). The van der Waals surface area contributed by atoms with Gasteiger partial charge in [-0.15, -0.1) is 0 Å². The van der Waals surface area contributed by atoms with Gasteiger partial charge in [0.15, 0.2) is 0 Å². The lowest BCUT2D eigenvalue weighted by Gasteiger charge is -2.18. The van der Waals surface area contributed by atoms with E-state index in [1.807, 2.05) is 0 Å². The number of hydrogen-bond donors (Lipinski definition) is 0. The van der Waals surface area contributed by atoms with Crippen LogP contribution in [-0.4, -0.2) is 41.8 Å². The lowest BCUT2D eigenvalue weighted by molar-refractivity contribution is -0.117. The van der Waals surface area contributed by atoms with Crippen molar-refractivity contribution in [2.24, 2.45) is 0 Å². The summed E-state index contributed by atoms with van der Waals surface area (Å²) >= 11 is 2.05. The van der Waals surface area contributed by atoms with Crippen LogP contribution in [0.5, 0.6) is 0 Å². The number of thioether (sulfide) groups is 1. The molecule has 1 heterocycles. The number of carbonyl (C=O) groups excluding carboxylic acids is 1. The zero-order valence-electron chi connectivity index (χ0n) is 8.42. The van der Waals surface area contributed by atoms with Crippen molar-refractivity contribution in [3.05, 3.63) is 0 Å². The summed E-state index contributed by atoms with van der Waals surface area (Å²) in [4.78, 5) is 13.2. The molecular formula is C10H19NOS. The summed E-state index contributed by atoms with van der Waals surface area (Å²) in [6.07, 6.45) is 3.11. The van der Waals surface area contributed by atoms with Crippen LogP contribution in [0.15, 0.2) is 0 Å². The van der Waals surface area contributed by atoms with E-state index in [0.29, 0.717) is 5.78 Å². The number of nitrogens with zero attached hydrogens (tertiary/aromatic N) is 1. The molecule has 0 aromatic rings. The maximum atomic E-state index is 10.7. The molecule has 1 aliphatic rings. The molecule has 3 heteroatoms. The molecule has 13 heavy (non-hydrogen) atoms. The van der Waals surface area contributed by atoms with Gasteiger partial charge in [0, 0.05) is 18.7 Å². The molecule has 2 nitrogen and oxygen atoms in total. The molecule has 0 aromatic heterocycles.